The first-order chi connectivity index (χ1) is 7.81. The lowest BCUT2D eigenvalue weighted by atomic mass is 9.91. The van der Waals surface area contributed by atoms with Crippen LogP contribution in [0.3, 0.4) is 0 Å². The summed E-state index contributed by atoms with van der Waals surface area (Å²) in [5.74, 6) is 1.78. The van der Waals surface area contributed by atoms with Crippen molar-refractivity contribution >= 4 is 11.6 Å². The molecule has 16 heavy (non-hydrogen) atoms. The van der Waals surface area contributed by atoms with Crippen molar-refractivity contribution in [2.24, 2.45) is 7.05 Å². The van der Waals surface area contributed by atoms with Gasteiger partial charge in [-0.25, -0.2) is 4.98 Å². The second kappa shape index (κ2) is 5.64. The monoisotopic (exact) mass is 242 g/mol. The number of rotatable bonds is 6. The molecule has 1 saturated carbocycles. The second-order valence-corrected chi connectivity index (χ2v) is 4.78. The third-order valence-corrected chi connectivity index (χ3v) is 3.59. The molecule has 0 saturated heterocycles. The second-order valence-electron chi connectivity index (χ2n) is 4.40. The van der Waals surface area contributed by atoms with Crippen LogP contribution in [0.2, 0.25) is 0 Å². The standard InChI is InChI=1S/C11H19ClN4/c1-15-11(13-9-14-15)8-16(7-3-6-12)10-4-2-5-10/h9-10H,2-8H2,1H3. The lowest BCUT2D eigenvalue weighted by molar-refractivity contribution is 0.115. The Morgan fingerprint density at radius 2 is 2.38 bits per heavy atom. The van der Waals surface area contributed by atoms with E-state index < -0.39 is 0 Å². The van der Waals surface area contributed by atoms with Gasteiger partial charge >= 0.3 is 0 Å². The van der Waals surface area contributed by atoms with Gasteiger partial charge in [-0.2, -0.15) is 5.10 Å². The average molecular weight is 243 g/mol. The van der Waals surface area contributed by atoms with Gasteiger partial charge < -0.3 is 0 Å². The minimum absolute atomic E-state index is 0.736. The third kappa shape index (κ3) is 2.74. The normalized spacial score (nSPS) is 16.7. The molecule has 0 bridgehead atoms. The molecule has 90 valence electrons. The SMILES string of the molecule is Cn1ncnc1CN(CCCCl)C1CCC1. The fraction of sp³-hybridized carbons (Fsp3) is 0.818. The molecule has 0 unspecified atom stereocenters. The number of aromatic nitrogens is 3. The zero-order chi connectivity index (χ0) is 11.4. The first-order valence-electron chi connectivity index (χ1n) is 5.94. The van der Waals surface area contributed by atoms with Gasteiger partial charge in [0.2, 0.25) is 0 Å². The summed E-state index contributed by atoms with van der Waals surface area (Å²) < 4.78 is 1.85. The van der Waals surface area contributed by atoms with Gasteiger partial charge in [-0.1, -0.05) is 6.42 Å². The number of nitrogens with zero attached hydrogens (tertiary/aromatic N) is 4. The molecule has 0 spiro atoms. The summed E-state index contributed by atoms with van der Waals surface area (Å²) in [6, 6.07) is 0.736. The molecule has 1 aromatic rings. The van der Waals surface area contributed by atoms with E-state index in [1.54, 1.807) is 6.33 Å². The van der Waals surface area contributed by atoms with E-state index in [2.05, 4.69) is 15.0 Å². The predicted octanol–water partition coefficient (Wildman–Crippen LogP) is 1.80. The Morgan fingerprint density at radius 1 is 1.56 bits per heavy atom. The maximum Gasteiger partial charge on any atom is 0.140 e. The van der Waals surface area contributed by atoms with Crippen molar-refractivity contribution in [1.82, 2.24) is 19.7 Å². The van der Waals surface area contributed by atoms with Crippen LogP contribution in [0, 0.1) is 0 Å². The number of aryl methyl sites for hydroxylation is 1. The van der Waals surface area contributed by atoms with Crippen LogP contribution in [0.1, 0.15) is 31.5 Å². The highest BCUT2D eigenvalue weighted by atomic mass is 35.5. The van der Waals surface area contributed by atoms with E-state index >= 15 is 0 Å². The summed E-state index contributed by atoms with van der Waals surface area (Å²) in [6.45, 7) is 1.97. The molecule has 1 fully saturated rings. The topological polar surface area (TPSA) is 34.0 Å². The van der Waals surface area contributed by atoms with Crippen LogP contribution < -0.4 is 0 Å². The van der Waals surface area contributed by atoms with Crippen LogP contribution in [-0.4, -0.2) is 38.1 Å². The summed E-state index contributed by atoms with van der Waals surface area (Å²) in [5, 5.41) is 4.11. The molecule has 1 aromatic heterocycles. The number of alkyl halides is 1. The average Bonchev–Trinajstić information content (AvgIpc) is 2.58. The molecule has 0 atom stereocenters. The minimum atomic E-state index is 0.736. The molecule has 4 nitrogen and oxygen atoms in total. The Bertz CT molecular complexity index is 322. The predicted molar refractivity (Wildman–Crippen MR) is 64.4 cm³/mol. The molecular weight excluding hydrogens is 224 g/mol. The fourth-order valence-corrected chi connectivity index (χ4v) is 2.17. The number of hydrogen-bond acceptors (Lipinski definition) is 3. The summed E-state index contributed by atoms with van der Waals surface area (Å²) in [7, 11) is 1.95. The lowest BCUT2D eigenvalue weighted by Crippen LogP contribution is -2.40. The zero-order valence-electron chi connectivity index (χ0n) is 9.77. The Morgan fingerprint density at radius 3 is 2.88 bits per heavy atom. The Kier molecular flexibility index (Phi) is 4.18. The molecule has 1 heterocycles. The Hall–Kier alpha value is -0.610. The van der Waals surface area contributed by atoms with Crippen LogP contribution in [0.25, 0.3) is 0 Å². The molecule has 1 aliphatic rings. The summed E-state index contributed by atoms with van der Waals surface area (Å²) in [6.07, 6.45) is 6.67. The van der Waals surface area contributed by atoms with Gasteiger partial charge in [0, 0.05) is 25.5 Å². The molecule has 0 N–H and O–H groups in total. The summed E-state index contributed by atoms with van der Waals surface area (Å²) in [4.78, 5) is 6.78. The van der Waals surface area contributed by atoms with Gasteiger partial charge in [0.15, 0.2) is 0 Å². The van der Waals surface area contributed by atoms with Crippen LogP contribution in [-0.2, 0) is 13.6 Å². The van der Waals surface area contributed by atoms with E-state index in [9.17, 15) is 0 Å². The van der Waals surface area contributed by atoms with Crippen molar-refractivity contribution in [1.29, 1.82) is 0 Å². The largest absolute Gasteiger partial charge is 0.293 e. The van der Waals surface area contributed by atoms with Gasteiger partial charge in [0.1, 0.15) is 12.2 Å². The van der Waals surface area contributed by atoms with Crippen molar-refractivity contribution in [3.05, 3.63) is 12.2 Å². The maximum absolute atomic E-state index is 5.76. The zero-order valence-corrected chi connectivity index (χ0v) is 10.5. The molecule has 0 aliphatic heterocycles. The van der Waals surface area contributed by atoms with E-state index in [1.165, 1.54) is 19.3 Å². The highest BCUT2D eigenvalue weighted by molar-refractivity contribution is 6.17. The van der Waals surface area contributed by atoms with Gasteiger partial charge in [-0.15, -0.1) is 11.6 Å². The van der Waals surface area contributed by atoms with Crippen molar-refractivity contribution in [2.75, 3.05) is 12.4 Å². The molecule has 1 aliphatic carbocycles. The smallest absolute Gasteiger partial charge is 0.140 e. The first kappa shape index (κ1) is 11.9. The van der Waals surface area contributed by atoms with E-state index in [4.69, 9.17) is 11.6 Å². The van der Waals surface area contributed by atoms with Crippen molar-refractivity contribution < 1.29 is 0 Å². The van der Waals surface area contributed by atoms with E-state index in [0.29, 0.717) is 0 Å². The van der Waals surface area contributed by atoms with E-state index in [1.807, 2.05) is 11.7 Å². The van der Waals surface area contributed by atoms with E-state index in [0.717, 1.165) is 37.3 Å². The van der Waals surface area contributed by atoms with Gasteiger partial charge in [0.25, 0.3) is 0 Å². The van der Waals surface area contributed by atoms with E-state index in [-0.39, 0.29) is 0 Å². The molecular formula is C11H19ClN4. The third-order valence-electron chi connectivity index (χ3n) is 3.32. The van der Waals surface area contributed by atoms with Crippen LogP contribution in [0.5, 0.6) is 0 Å². The fourth-order valence-electron chi connectivity index (χ4n) is 2.05. The molecule has 5 heteroatoms. The highest BCUT2D eigenvalue weighted by Gasteiger charge is 2.25. The summed E-state index contributed by atoms with van der Waals surface area (Å²) in [5.41, 5.74) is 0. The quantitative estimate of drug-likeness (QED) is 0.714. The Labute approximate surface area is 102 Å². The van der Waals surface area contributed by atoms with Gasteiger partial charge in [0.05, 0.1) is 6.54 Å². The lowest BCUT2D eigenvalue weighted by Gasteiger charge is -2.37. The van der Waals surface area contributed by atoms with Crippen LogP contribution in [0.15, 0.2) is 6.33 Å². The van der Waals surface area contributed by atoms with Gasteiger partial charge in [-0.05, 0) is 19.3 Å². The molecule has 0 radical (unpaired) electrons. The minimum Gasteiger partial charge on any atom is -0.293 e. The van der Waals surface area contributed by atoms with Crippen molar-refractivity contribution in [2.45, 2.75) is 38.3 Å². The van der Waals surface area contributed by atoms with Crippen LogP contribution in [0.4, 0.5) is 0 Å². The number of halogens is 1. The Balaban J connectivity index is 1.93. The number of hydrogen-bond donors (Lipinski definition) is 0. The van der Waals surface area contributed by atoms with Crippen molar-refractivity contribution in [3.63, 3.8) is 0 Å². The summed E-state index contributed by atoms with van der Waals surface area (Å²) >= 11 is 5.76. The molecule has 0 aromatic carbocycles. The van der Waals surface area contributed by atoms with Crippen molar-refractivity contribution in [3.8, 4) is 0 Å². The van der Waals surface area contributed by atoms with Crippen LogP contribution >= 0.6 is 11.6 Å². The van der Waals surface area contributed by atoms with Gasteiger partial charge in [-0.3, -0.25) is 9.58 Å². The molecule has 0 amide bonds. The first-order valence-corrected chi connectivity index (χ1v) is 6.47. The maximum atomic E-state index is 5.76. The highest BCUT2D eigenvalue weighted by Crippen LogP contribution is 2.26. The molecule has 2 rings (SSSR count).